The lowest BCUT2D eigenvalue weighted by atomic mass is 10.3. The first kappa shape index (κ1) is 9.92. The fraction of sp³-hybridized carbons (Fsp3) is 0.333. The lowest BCUT2D eigenvalue weighted by Crippen LogP contribution is -1.97. The Hall–Kier alpha value is -1.16. The molecule has 70 valence electrons. The van der Waals surface area contributed by atoms with Crippen molar-refractivity contribution in [2.24, 2.45) is 0 Å². The lowest BCUT2D eigenvalue weighted by Gasteiger charge is -1.92. The van der Waals surface area contributed by atoms with Crippen molar-refractivity contribution in [2.75, 3.05) is 7.11 Å². The standard InChI is InChI=1S/C9H10O3S/c1-6(10)5-7-3-4-8(13-7)9(11)12-2/h3-4H,5H2,1-2H3. The van der Waals surface area contributed by atoms with Crippen LogP contribution in [0.1, 0.15) is 21.5 Å². The van der Waals surface area contributed by atoms with Crippen LogP contribution in [0.2, 0.25) is 0 Å². The van der Waals surface area contributed by atoms with Crippen LogP contribution in [0, 0.1) is 0 Å². The Morgan fingerprint density at radius 3 is 2.69 bits per heavy atom. The molecule has 1 aromatic heterocycles. The first-order chi connectivity index (χ1) is 6.13. The van der Waals surface area contributed by atoms with Gasteiger partial charge in [-0.05, 0) is 19.1 Å². The van der Waals surface area contributed by atoms with Crippen molar-refractivity contribution < 1.29 is 14.3 Å². The summed E-state index contributed by atoms with van der Waals surface area (Å²) in [7, 11) is 1.34. The number of carbonyl (C=O) groups excluding carboxylic acids is 2. The first-order valence-corrected chi connectivity index (χ1v) is 4.61. The van der Waals surface area contributed by atoms with Crippen molar-refractivity contribution in [1.29, 1.82) is 0 Å². The van der Waals surface area contributed by atoms with E-state index in [9.17, 15) is 9.59 Å². The third-order valence-corrected chi connectivity index (χ3v) is 2.54. The number of ether oxygens (including phenoxy) is 1. The second kappa shape index (κ2) is 4.18. The highest BCUT2D eigenvalue weighted by molar-refractivity contribution is 7.14. The number of hydrogen-bond acceptors (Lipinski definition) is 4. The Labute approximate surface area is 80.3 Å². The molecule has 13 heavy (non-hydrogen) atoms. The molecule has 0 fully saturated rings. The van der Waals surface area contributed by atoms with Gasteiger partial charge < -0.3 is 4.74 Å². The molecule has 0 radical (unpaired) electrons. The molecule has 0 spiro atoms. The van der Waals surface area contributed by atoms with E-state index in [0.717, 1.165) is 4.88 Å². The molecule has 0 amide bonds. The number of methoxy groups -OCH3 is 1. The van der Waals surface area contributed by atoms with Crippen LogP contribution in [0.3, 0.4) is 0 Å². The summed E-state index contributed by atoms with van der Waals surface area (Å²) < 4.78 is 4.54. The Kier molecular flexibility index (Phi) is 3.19. The van der Waals surface area contributed by atoms with Gasteiger partial charge >= 0.3 is 5.97 Å². The average molecular weight is 198 g/mol. The number of thiophene rings is 1. The molecule has 0 bridgehead atoms. The minimum absolute atomic E-state index is 0.0956. The molecular weight excluding hydrogens is 188 g/mol. The highest BCUT2D eigenvalue weighted by atomic mass is 32.1. The van der Waals surface area contributed by atoms with Crippen LogP contribution in [-0.2, 0) is 16.0 Å². The molecule has 1 aromatic rings. The number of esters is 1. The van der Waals surface area contributed by atoms with Gasteiger partial charge in [0.05, 0.1) is 7.11 Å². The molecule has 4 heteroatoms. The van der Waals surface area contributed by atoms with Crippen molar-refractivity contribution in [1.82, 2.24) is 0 Å². The molecule has 0 aliphatic rings. The summed E-state index contributed by atoms with van der Waals surface area (Å²) in [6.45, 7) is 1.53. The molecule has 1 rings (SSSR count). The van der Waals surface area contributed by atoms with E-state index in [0.29, 0.717) is 11.3 Å². The first-order valence-electron chi connectivity index (χ1n) is 3.80. The molecule has 0 aromatic carbocycles. The fourth-order valence-electron chi connectivity index (χ4n) is 0.929. The minimum atomic E-state index is -0.347. The third kappa shape index (κ3) is 2.66. The van der Waals surface area contributed by atoms with Crippen molar-refractivity contribution in [3.8, 4) is 0 Å². The average Bonchev–Trinajstić information content (AvgIpc) is 2.50. The topological polar surface area (TPSA) is 43.4 Å². The summed E-state index contributed by atoms with van der Waals surface area (Å²) in [5.41, 5.74) is 0. The van der Waals surface area contributed by atoms with E-state index in [2.05, 4.69) is 4.74 Å². The lowest BCUT2D eigenvalue weighted by molar-refractivity contribution is -0.116. The number of carbonyl (C=O) groups is 2. The molecule has 0 aliphatic carbocycles. The smallest absolute Gasteiger partial charge is 0.348 e. The number of ketones is 1. The molecule has 0 saturated heterocycles. The maximum absolute atomic E-state index is 11.0. The zero-order chi connectivity index (χ0) is 9.84. The largest absolute Gasteiger partial charge is 0.465 e. The maximum atomic E-state index is 11.0. The zero-order valence-electron chi connectivity index (χ0n) is 7.49. The van der Waals surface area contributed by atoms with Crippen LogP contribution in [0.5, 0.6) is 0 Å². The monoisotopic (exact) mass is 198 g/mol. The quantitative estimate of drug-likeness (QED) is 0.694. The van der Waals surface area contributed by atoms with E-state index < -0.39 is 0 Å². The fourth-order valence-corrected chi connectivity index (χ4v) is 1.93. The van der Waals surface area contributed by atoms with Crippen molar-refractivity contribution >= 4 is 23.1 Å². The van der Waals surface area contributed by atoms with Gasteiger partial charge in [-0.15, -0.1) is 11.3 Å². The Morgan fingerprint density at radius 2 is 2.15 bits per heavy atom. The van der Waals surface area contributed by atoms with E-state index >= 15 is 0 Å². The van der Waals surface area contributed by atoms with Crippen molar-refractivity contribution in [3.63, 3.8) is 0 Å². The van der Waals surface area contributed by atoms with Gasteiger partial charge in [-0.2, -0.15) is 0 Å². The minimum Gasteiger partial charge on any atom is -0.465 e. The zero-order valence-corrected chi connectivity index (χ0v) is 8.31. The van der Waals surface area contributed by atoms with Crippen LogP contribution >= 0.6 is 11.3 Å². The highest BCUT2D eigenvalue weighted by Crippen LogP contribution is 2.17. The van der Waals surface area contributed by atoms with Crippen molar-refractivity contribution in [3.05, 3.63) is 21.9 Å². The molecule has 3 nitrogen and oxygen atoms in total. The van der Waals surface area contributed by atoms with Gasteiger partial charge in [-0.25, -0.2) is 4.79 Å². The molecule has 0 unspecified atom stereocenters. The predicted octanol–water partition coefficient (Wildman–Crippen LogP) is 1.67. The van der Waals surface area contributed by atoms with E-state index in [-0.39, 0.29) is 11.8 Å². The summed E-state index contributed by atoms with van der Waals surface area (Å²) in [6.07, 6.45) is 0.391. The molecular formula is C9H10O3S. The van der Waals surface area contributed by atoms with Crippen LogP contribution in [0.4, 0.5) is 0 Å². The second-order valence-corrected chi connectivity index (χ2v) is 3.80. The van der Waals surface area contributed by atoms with Crippen LogP contribution in [-0.4, -0.2) is 18.9 Å². The summed E-state index contributed by atoms with van der Waals surface area (Å²) >= 11 is 1.30. The van der Waals surface area contributed by atoms with E-state index in [1.165, 1.54) is 25.4 Å². The molecule has 0 atom stereocenters. The molecule has 0 aliphatic heterocycles. The summed E-state index contributed by atoms with van der Waals surface area (Å²) in [6, 6.07) is 3.45. The Balaban J connectivity index is 2.74. The van der Waals surface area contributed by atoms with Crippen molar-refractivity contribution in [2.45, 2.75) is 13.3 Å². The molecule has 0 N–H and O–H groups in total. The van der Waals surface area contributed by atoms with Gasteiger partial charge in [0.2, 0.25) is 0 Å². The van der Waals surface area contributed by atoms with Crippen LogP contribution < -0.4 is 0 Å². The molecule has 0 saturated carbocycles. The van der Waals surface area contributed by atoms with Gasteiger partial charge in [0.15, 0.2) is 0 Å². The SMILES string of the molecule is COC(=O)c1ccc(CC(C)=O)s1. The van der Waals surface area contributed by atoms with Gasteiger partial charge in [-0.3, -0.25) is 4.79 Å². The van der Waals surface area contributed by atoms with Crippen LogP contribution in [0.25, 0.3) is 0 Å². The normalized spacial score (nSPS) is 9.69. The molecule has 1 heterocycles. The van der Waals surface area contributed by atoms with E-state index in [1.54, 1.807) is 12.1 Å². The van der Waals surface area contributed by atoms with Crippen LogP contribution in [0.15, 0.2) is 12.1 Å². The van der Waals surface area contributed by atoms with Gasteiger partial charge in [0.25, 0.3) is 0 Å². The summed E-state index contributed by atoms with van der Waals surface area (Å²) in [5.74, 6) is -0.252. The Morgan fingerprint density at radius 1 is 1.46 bits per heavy atom. The van der Waals surface area contributed by atoms with Gasteiger partial charge in [-0.1, -0.05) is 0 Å². The third-order valence-electron chi connectivity index (χ3n) is 1.47. The van der Waals surface area contributed by atoms with E-state index in [4.69, 9.17) is 0 Å². The van der Waals surface area contributed by atoms with Gasteiger partial charge in [0.1, 0.15) is 10.7 Å². The second-order valence-electron chi connectivity index (χ2n) is 2.64. The number of rotatable bonds is 3. The maximum Gasteiger partial charge on any atom is 0.348 e. The Bertz CT molecular complexity index is 327. The summed E-state index contributed by atoms with van der Waals surface area (Å²) in [5, 5.41) is 0. The number of Topliss-reactive ketones (excluding diaryl/α,β-unsaturated/α-hetero) is 1. The highest BCUT2D eigenvalue weighted by Gasteiger charge is 2.09. The van der Waals surface area contributed by atoms with Gasteiger partial charge in [0, 0.05) is 11.3 Å². The number of hydrogen-bond donors (Lipinski definition) is 0. The summed E-state index contributed by atoms with van der Waals surface area (Å²) in [4.78, 5) is 23.2. The van der Waals surface area contributed by atoms with E-state index in [1.807, 2.05) is 0 Å². The predicted molar refractivity (Wildman–Crippen MR) is 50.0 cm³/mol.